The molecular formula is C20H30Cl2N2O. The van der Waals surface area contributed by atoms with Gasteiger partial charge in [-0.1, -0.05) is 37.3 Å². The summed E-state index contributed by atoms with van der Waals surface area (Å²) in [5.41, 5.74) is 1.67. The number of rotatable bonds is 4. The van der Waals surface area contributed by atoms with Crippen LogP contribution in [0.1, 0.15) is 55.7 Å². The smallest absolute Gasteiger partial charge is 0.0666 e. The van der Waals surface area contributed by atoms with Gasteiger partial charge in [0.1, 0.15) is 0 Å². The third-order valence-corrected chi connectivity index (χ3v) is 5.39. The number of aliphatic hydroxyl groups is 1. The maximum Gasteiger partial charge on any atom is 0.0666 e. The fraction of sp³-hybridized carbons (Fsp3) is 0.600. The van der Waals surface area contributed by atoms with Crippen molar-refractivity contribution >= 4 is 24.8 Å². The number of benzene rings is 1. The average molecular weight is 385 g/mol. The largest absolute Gasteiger partial charge is 0.390 e. The Morgan fingerprint density at radius 3 is 2.48 bits per heavy atom. The second kappa shape index (κ2) is 10.4. The number of hydrogen-bond donors (Lipinski definition) is 2. The van der Waals surface area contributed by atoms with Crippen LogP contribution < -0.4 is 5.32 Å². The second-order valence-corrected chi connectivity index (χ2v) is 7.06. The van der Waals surface area contributed by atoms with Crippen molar-refractivity contribution < 1.29 is 5.11 Å². The molecule has 1 aliphatic carbocycles. The minimum atomic E-state index is -0.514. The van der Waals surface area contributed by atoms with Gasteiger partial charge in [0.05, 0.1) is 5.60 Å². The summed E-state index contributed by atoms with van der Waals surface area (Å²) in [5, 5.41) is 14.5. The van der Waals surface area contributed by atoms with Gasteiger partial charge in [0.15, 0.2) is 0 Å². The van der Waals surface area contributed by atoms with Gasteiger partial charge in [0.25, 0.3) is 0 Å². The van der Waals surface area contributed by atoms with Crippen molar-refractivity contribution in [1.82, 2.24) is 10.2 Å². The summed E-state index contributed by atoms with van der Waals surface area (Å²) in [6.07, 6.45) is 11.8. The lowest BCUT2D eigenvalue weighted by Crippen LogP contribution is -2.47. The Bertz CT molecular complexity index is 561. The van der Waals surface area contributed by atoms with Crippen molar-refractivity contribution in [2.45, 2.75) is 50.2 Å². The highest BCUT2D eigenvalue weighted by Crippen LogP contribution is 2.38. The maximum absolute atomic E-state index is 11.1. The molecule has 1 aliphatic heterocycles. The molecular weight excluding hydrogens is 355 g/mol. The molecule has 0 radical (unpaired) electrons. The van der Waals surface area contributed by atoms with E-state index < -0.39 is 5.60 Å². The Morgan fingerprint density at radius 2 is 1.84 bits per heavy atom. The fourth-order valence-electron chi connectivity index (χ4n) is 4.06. The first-order chi connectivity index (χ1) is 11.2. The van der Waals surface area contributed by atoms with Crippen molar-refractivity contribution in [3.8, 4) is 12.3 Å². The average Bonchev–Trinajstić information content (AvgIpc) is 2.61. The number of piperazine rings is 1. The molecule has 140 valence electrons. The summed E-state index contributed by atoms with van der Waals surface area (Å²) in [7, 11) is 0. The third kappa shape index (κ3) is 5.88. The van der Waals surface area contributed by atoms with Gasteiger partial charge in [-0.2, -0.15) is 0 Å². The monoisotopic (exact) mass is 384 g/mol. The van der Waals surface area contributed by atoms with E-state index in [-0.39, 0.29) is 30.9 Å². The van der Waals surface area contributed by atoms with E-state index in [9.17, 15) is 5.11 Å². The van der Waals surface area contributed by atoms with E-state index >= 15 is 0 Å². The van der Waals surface area contributed by atoms with Crippen molar-refractivity contribution in [2.75, 3.05) is 26.2 Å². The Kier molecular flexibility index (Phi) is 9.27. The molecule has 0 bridgehead atoms. The van der Waals surface area contributed by atoms with Crippen molar-refractivity contribution in [2.24, 2.45) is 0 Å². The molecule has 1 unspecified atom stereocenters. The van der Waals surface area contributed by atoms with Crippen LogP contribution in [0.2, 0.25) is 0 Å². The van der Waals surface area contributed by atoms with Crippen LogP contribution in [0.3, 0.4) is 0 Å². The van der Waals surface area contributed by atoms with Gasteiger partial charge in [-0.15, -0.1) is 31.2 Å². The van der Waals surface area contributed by atoms with E-state index in [1.165, 1.54) is 12.0 Å². The van der Waals surface area contributed by atoms with Crippen molar-refractivity contribution in [3.63, 3.8) is 0 Å². The molecule has 2 N–H and O–H groups in total. The molecule has 2 fully saturated rings. The Balaban J connectivity index is 0.00000156. The van der Waals surface area contributed by atoms with Gasteiger partial charge in [-0.3, -0.25) is 4.90 Å². The maximum atomic E-state index is 11.1. The summed E-state index contributed by atoms with van der Waals surface area (Å²) < 4.78 is 0. The van der Waals surface area contributed by atoms with Gasteiger partial charge in [0, 0.05) is 37.8 Å². The van der Waals surface area contributed by atoms with E-state index in [1.54, 1.807) is 0 Å². The van der Waals surface area contributed by atoms with Gasteiger partial charge in [-0.05, 0) is 37.0 Å². The molecule has 1 aromatic rings. The summed E-state index contributed by atoms with van der Waals surface area (Å²) in [4.78, 5) is 2.51. The second-order valence-electron chi connectivity index (χ2n) is 7.06. The molecule has 1 aromatic carbocycles. The lowest BCUT2D eigenvalue weighted by molar-refractivity contribution is -0.0296. The number of nitrogens with zero attached hydrogens (tertiary/aromatic N) is 1. The lowest BCUT2D eigenvalue weighted by atomic mass is 9.78. The minimum absolute atomic E-state index is 0. The zero-order chi connectivity index (χ0) is 16.1. The van der Waals surface area contributed by atoms with Crippen LogP contribution >= 0.6 is 24.8 Å². The van der Waals surface area contributed by atoms with E-state index in [4.69, 9.17) is 6.42 Å². The van der Waals surface area contributed by atoms with E-state index in [1.807, 2.05) is 12.1 Å². The molecule has 0 spiro atoms. The zero-order valence-corrected chi connectivity index (χ0v) is 16.4. The number of hydrogen-bond acceptors (Lipinski definition) is 3. The summed E-state index contributed by atoms with van der Waals surface area (Å²) in [6, 6.07) is 8.57. The van der Waals surface area contributed by atoms with Crippen LogP contribution in [-0.2, 0) is 0 Å². The standard InChI is InChI=1S/C20H28N2O.2ClH/c1-2-17-7-6-8-18(15-17)19(22-13-11-21-12-14-22)16-20(23)9-4-3-5-10-20;;/h1,6-8,15,19,21,23H,3-5,9-14,16H2;2*1H. The molecule has 0 amide bonds. The van der Waals surface area contributed by atoms with E-state index in [2.05, 4.69) is 28.3 Å². The molecule has 3 nitrogen and oxygen atoms in total. The first kappa shape index (κ1) is 22.3. The van der Waals surface area contributed by atoms with Crippen LogP contribution in [0, 0.1) is 12.3 Å². The van der Waals surface area contributed by atoms with Crippen LogP contribution in [0.15, 0.2) is 24.3 Å². The molecule has 2 aliphatic rings. The van der Waals surface area contributed by atoms with Crippen LogP contribution in [0.5, 0.6) is 0 Å². The minimum Gasteiger partial charge on any atom is -0.390 e. The topological polar surface area (TPSA) is 35.5 Å². The molecule has 3 rings (SSSR count). The highest BCUT2D eigenvalue weighted by molar-refractivity contribution is 5.85. The summed E-state index contributed by atoms with van der Waals surface area (Å²) >= 11 is 0. The quantitative estimate of drug-likeness (QED) is 0.779. The van der Waals surface area contributed by atoms with Crippen LogP contribution in [-0.4, -0.2) is 41.8 Å². The molecule has 25 heavy (non-hydrogen) atoms. The SMILES string of the molecule is C#Cc1cccc(C(CC2(O)CCCCC2)N2CCNCC2)c1.Cl.Cl. The van der Waals surface area contributed by atoms with E-state index in [0.717, 1.165) is 63.8 Å². The van der Waals surface area contributed by atoms with Gasteiger partial charge < -0.3 is 10.4 Å². The predicted molar refractivity (Wildman–Crippen MR) is 109 cm³/mol. The Morgan fingerprint density at radius 1 is 1.16 bits per heavy atom. The van der Waals surface area contributed by atoms with Gasteiger partial charge in [0.2, 0.25) is 0 Å². The highest BCUT2D eigenvalue weighted by Gasteiger charge is 2.35. The van der Waals surface area contributed by atoms with Gasteiger partial charge in [-0.25, -0.2) is 0 Å². The molecule has 1 heterocycles. The number of halogens is 2. The number of terminal acetylenes is 1. The molecule has 0 aromatic heterocycles. The van der Waals surface area contributed by atoms with Crippen LogP contribution in [0.25, 0.3) is 0 Å². The van der Waals surface area contributed by atoms with Gasteiger partial charge >= 0.3 is 0 Å². The van der Waals surface area contributed by atoms with Crippen LogP contribution in [0.4, 0.5) is 0 Å². The third-order valence-electron chi connectivity index (χ3n) is 5.39. The lowest BCUT2D eigenvalue weighted by Gasteiger charge is -2.41. The molecule has 1 saturated carbocycles. The molecule has 1 atom stereocenters. The first-order valence-corrected chi connectivity index (χ1v) is 8.94. The molecule has 5 heteroatoms. The fourth-order valence-corrected chi connectivity index (χ4v) is 4.06. The number of nitrogens with one attached hydrogen (secondary N) is 1. The van der Waals surface area contributed by atoms with Crippen molar-refractivity contribution in [1.29, 1.82) is 0 Å². The Hall–Kier alpha value is -0.760. The normalized spacial score (nSPS) is 21.3. The highest BCUT2D eigenvalue weighted by atomic mass is 35.5. The molecule has 1 saturated heterocycles. The first-order valence-electron chi connectivity index (χ1n) is 8.94. The van der Waals surface area contributed by atoms with Crippen molar-refractivity contribution in [3.05, 3.63) is 35.4 Å². The summed E-state index contributed by atoms with van der Waals surface area (Å²) in [6.45, 7) is 4.09. The zero-order valence-electron chi connectivity index (χ0n) is 14.7. The summed E-state index contributed by atoms with van der Waals surface area (Å²) in [5.74, 6) is 2.74. The Labute approximate surface area is 164 Å². The predicted octanol–water partition coefficient (Wildman–Crippen LogP) is 3.54. The van der Waals surface area contributed by atoms with E-state index in [0.29, 0.717) is 0 Å².